The van der Waals surface area contributed by atoms with Crippen LogP contribution in [0.5, 0.6) is 0 Å². The molecule has 1 fully saturated rings. The van der Waals surface area contributed by atoms with Crippen LogP contribution in [0.2, 0.25) is 0 Å². The fraction of sp³-hybridized carbons (Fsp3) is 0.611. The first-order valence-corrected chi connectivity index (χ1v) is 8.17. The van der Waals surface area contributed by atoms with Crippen molar-refractivity contribution in [2.75, 3.05) is 11.9 Å². The van der Waals surface area contributed by atoms with Gasteiger partial charge in [0.25, 0.3) is 0 Å². The highest BCUT2D eigenvalue weighted by atomic mass is 16.1. The SMILES string of the molecule is Cc1ccccc1NC(=O)CNC1CCCCC1C(C)C. The zero-order valence-corrected chi connectivity index (χ0v) is 13.5. The van der Waals surface area contributed by atoms with Gasteiger partial charge in [0.1, 0.15) is 0 Å². The highest BCUT2D eigenvalue weighted by Gasteiger charge is 2.27. The number of amides is 1. The minimum absolute atomic E-state index is 0.0531. The molecule has 2 unspecified atom stereocenters. The Balaban J connectivity index is 1.84. The Hall–Kier alpha value is -1.35. The van der Waals surface area contributed by atoms with Gasteiger partial charge in [-0.2, -0.15) is 0 Å². The molecule has 0 heterocycles. The molecule has 1 amide bonds. The number of nitrogens with one attached hydrogen (secondary N) is 2. The largest absolute Gasteiger partial charge is 0.325 e. The van der Waals surface area contributed by atoms with Gasteiger partial charge in [0, 0.05) is 11.7 Å². The lowest BCUT2D eigenvalue weighted by atomic mass is 9.78. The van der Waals surface area contributed by atoms with Crippen molar-refractivity contribution in [2.24, 2.45) is 11.8 Å². The number of benzene rings is 1. The van der Waals surface area contributed by atoms with Crippen molar-refractivity contribution in [2.45, 2.75) is 52.5 Å². The number of hydrogen-bond donors (Lipinski definition) is 2. The maximum absolute atomic E-state index is 12.1. The van der Waals surface area contributed by atoms with Gasteiger partial charge < -0.3 is 10.6 Å². The molecule has 1 aromatic carbocycles. The summed E-state index contributed by atoms with van der Waals surface area (Å²) < 4.78 is 0. The van der Waals surface area contributed by atoms with Gasteiger partial charge in [-0.25, -0.2) is 0 Å². The summed E-state index contributed by atoms with van der Waals surface area (Å²) in [6.07, 6.45) is 5.09. The van der Waals surface area contributed by atoms with Gasteiger partial charge in [-0.1, -0.05) is 44.9 Å². The maximum atomic E-state index is 12.1. The predicted molar refractivity (Wildman–Crippen MR) is 88.4 cm³/mol. The van der Waals surface area contributed by atoms with Crippen molar-refractivity contribution in [3.05, 3.63) is 29.8 Å². The second-order valence-electron chi connectivity index (χ2n) is 6.54. The molecule has 3 nitrogen and oxygen atoms in total. The lowest BCUT2D eigenvalue weighted by molar-refractivity contribution is -0.115. The van der Waals surface area contributed by atoms with E-state index >= 15 is 0 Å². The van der Waals surface area contributed by atoms with E-state index in [1.54, 1.807) is 0 Å². The van der Waals surface area contributed by atoms with Gasteiger partial charge in [0.05, 0.1) is 6.54 Å². The van der Waals surface area contributed by atoms with Crippen molar-refractivity contribution >= 4 is 11.6 Å². The number of carbonyl (C=O) groups excluding carboxylic acids is 1. The number of anilines is 1. The Morgan fingerprint density at radius 2 is 1.95 bits per heavy atom. The van der Waals surface area contributed by atoms with Crippen LogP contribution in [0, 0.1) is 18.8 Å². The van der Waals surface area contributed by atoms with Gasteiger partial charge in [-0.3, -0.25) is 4.79 Å². The van der Waals surface area contributed by atoms with Crippen molar-refractivity contribution in [1.82, 2.24) is 5.32 Å². The Morgan fingerprint density at radius 1 is 1.24 bits per heavy atom. The fourth-order valence-corrected chi connectivity index (χ4v) is 3.34. The summed E-state index contributed by atoms with van der Waals surface area (Å²) in [7, 11) is 0. The van der Waals surface area contributed by atoms with Crippen LogP contribution in [0.25, 0.3) is 0 Å². The van der Waals surface area contributed by atoms with Crippen LogP contribution in [0.3, 0.4) is 0 Å². The minimum atomic E-state index is 0.0531. The Kier molecular flexibility index (Phi) is 5.80. The molecule has 1 aromatic rings. The van der Waals surface area contributed by atoms with E-state index in [1.807, 2.05) is 31.2 Å². The molecule has 116 valence electrons. The molecule has 0 radical (unpaired) electrons. The van der Waals surface area contributed by atoms with E-state index < -0.39 is 0 Å². The molecule has 1 saturated carbocycles. The lowest BCUT2D eigenvalue weighted by Gasteiger charge is -2.35. The Bertz CT molecular complexity index is 470. The van der Waals surface area contributed by atoms with Crippen molar-refractivity contribution < 1.29 is 4.79 Å². The van der Waals surface area contributed by atoms with Crippen LogP contribution >= 0.6 is 0 Å². The number of para-hydroxylation sites is 1. The number of carbonyl (C=O) groups is 1. The summed E-state index contributed by atoms with van der Waals surface area (Å²) in [4.78, 5) is 12.1. The van der Waals surface area contributed by atoms with E-state index in [2.05, 4.69) is 24.5 Å². The van der Waals surface area contributed by atoms with Crippen LogP contribution in [0.4, 0.5) is 5.69 Å². The van der Waals surface area contributed by atoms with Gasteiger partial charge in [-0.05, 0) is 43.2 Å². The van der Waals surface area contributed by atoms with Crippen molar-refractivity contribution in [1.29, 1.82) is 0 Å². The third-order valence-corrected chi connectivity index (χ3v) is 4.62. The monoisotopic (exact) mass is 288 g/mol. The maximum Gasteiger partial charge on any atom is 0.238 e. The van der Waals surface area contributed by atoms with Crippen LogP contribution in [-0.4, -0.2) is 18.5 Å². The van der Waals surface area contributed by atoms with E-state index in [0.717, 1.165) is 11.3 Å². The first-order valence-electron chi connectivity index (χ1n) is 8.17. The summed E-state index contributed by atoms with van der Waals surface area (Å²) >= 11 is 0. The van der Waals surface area contributed by atoms with E-state index in [4.69, 9.17) is 0 Å². The van der Waals surface area contributed by atoms with E-state index in [1.165, 1.54) is 25.7 Å². The molecule has 0 aromatic heterocycles. The Labute approximate surface area is 128 Å². The molecular weight excluding hydrogens is 260 g/mol. The van der Waals surface area contributed by atoms with Crippen LogP contribution in [-0.2, 0) is 4.79 Å². The number of hydrogen-bond acceptors (Lipinski definition) is 2. The Morgan fingerprint density at radius 3 is 2.67 bits per heavy atom. The van der Waals surface area contributed by atoms with Crippen LogP contribution in [0.1, 0.15) is 45.1 Å². The summed E-state index contributed by atoms with van der Waals surface area (Å²) in [6, 6.07) is 8.38. The third-order valence-electron chi connectivity index (χ3n) is 4.62. The van der Waals surface area contributed by atoms with Crippen molar-refractivity contribution in [3.63, 3.8) is 0 Å². The molecule has 1 aliphatic rings. The van der Waals surface area contributed by atoms with E-state index in [-0.39, 0.29) is 5.91 Å². The standard InChI is InChI=1S/C18H28N2O/c1-13(2)15-9-5-7-11-17(15)19-12-18(21)20-16-10-6-4-8-14(16)3/h4,6,8,10,13,15,17,19H,5,7,9,11-12H2,1-3H3,(H,20,21). The normalized spacial score (nSPS) is 22.3. The molecular formula is C18H28N2O. The third kappa shape index (κ3) is 4.57. The summed E-state index contributed by atoms with van der Waals surface area (Å²) in [5.41, 5.74) is 2.01. The number of aryl methyl sites for hydroxylation is 1. The lowest BCUT2D eigenvalue weighted by Crippen LogP contribution is -2.44. The second-order valence-corrected chi connectivity index (χ2v) is 6.54. The van der Waals surface area contributed by atoms with Crippen molar-refractivity contribution in [3.8, 4) is 0 Å². The number of rotatable bonds is 5. The highest BCUT2D eigenvalue weighted by molar-refractivity contribution is 5.92. The molecule has 0 aliphatic heterocycles. The van der Waals surface area contributed by atoms with Crippen LogP contribution < -0.4 is 10.6 Å². The molecule has 2 rings (SSSR count). The van der Waals surface area contributed by atoms with Crippen LogP contribution in [0.15, 0.2) is 24.3 Å². The minimum Gasteiger partial charge on any atom is -0.325 e. The first-order chi connectivity index (χ1) is 10.1. The molecule has 2 N–H and O–H groups in total. The first kappa shape index (κ1) is 16.0. The molecule has 3 heteroatoms. The summed E-state index contributed by atoms with van der Waals surface area (Å²) in [6.45, 7) is 7.00. The topological polar surface area (TPSA) is 41.1 Å². The molecule has 0 spiro atoms. The van der Waals surface area contributed by atoms with Gasteiger partial charge in [-0.15, -0.1) is 0 Å². The zero-order valence-electron chi connectivity index (χ0n) is 13.5. The zero-order chi connectivity index (χ0) is 15.2. The van der Waals surface area contributed by atoms with E-state index in [9.17, 15) is 4.79 Å². The quantitative estimate of drug-likeness (QED) is 0.866. The van der Waals surface area contributed by atoms with E-state index in [0.29, 0.717) is 24.4 Å². The predicted octanol–water partition coefficient (Wildman–Crippen LogP) is 3.74. The average molecular weight is 288 g/mol. The van der Waals surface area contributed by atoms with Gasteiger partial charge in [0.2, 0.25) is 5.91 Å². The smallest absolute Gasteiger partial charge is 0.238 e. The fourth-order valence-electron chi connectivity index (χ4n) is 3.34. The summed E-state index contributed by atoms with van der Waals surface area (Å²) in [5, 5.41) is 6.47. The molecule has 0 bridgehead atoms. The molecule has 21 heavy (non-hydrogen) atoms. The van der Waals surface area contributed by atoms with Gasteiger partial charge >= 0.3 is 0 Å². The highest BCUT2D eigenvalue weighted by Crippen LogP contribution is 2.30. The molecule has 0 saturated heterocycles. The average Bonchev–Trinajstić information content (AvgIpc) is 2.48. The molecule has 2 atom stereocenters. The second kappa shape index (κ2) is 7.60. The molecule has 1 aliphatic carbocycles. The van der Waals surface area contributed by atoms with Gasteiger partial charge in [0.15, 0.2) is 0 Å². The summed E-state index contributed by atoms with van der Waals surface area (Å²) in [5.74, 6) is 1.43.